The average Bonchev–Trinajstić information content (AvgIpc) is 2.56. The molecule has 0 saturated carbocycles. The van der Waals surface area contributed by atoms with Crippen LogP contribution in [0.4, 0.5) is 8.78 Å². The first-order valence-corrected chi connectivity index (χ1v) is 7.70. The summed E-state index contributed by atoms with van der Waals surface area (Å²) in [7, 11) is 1.58. The first kappa shape index (κ1) is 17.3. The normalized spacial score (nSPS) is 13.6. The first-order valence-electron chi connectivity index (χ1n) is 7.70. The third kappa shape index (κ3) is 4.73. The molecule has 1 heterocycles. The molecule has 0 radical (unpaired) electrons. The molecule has 23 heavy (non-hydrogen) atoms. The fourth-order valence-electron chi connectivity index (χ4n) is 2.46. The molecule has 0 spiro atoms. The van der Waals surface area contributed by atoms with Crippen molar-refractivity contribution in [1.82, 2.24) is 4.98 Å². The number of hydrogen-bond acceptors (Lipinski definition) is 3. The highest BCUT2D eigenvalue weighted by Crippen LogP contribution is 2.29. The smallest absolute Gasteiger partial charge is 0.167 e. The van der Waals surface area contributed by atoms with Gasteiger partial charge >= 0.3 is 0 Å². The summed E-state index contributed by atoms with van der Waals surface area (Å²) in [5, 5.41) is 0. The number of methoxy groups -OCH3 is 1. The van der Waals surface area contributed by atoms with Crippen molar-refractivity contribution in [3.8, 4) is 5.75 Å². The van der Waals surface area contributed by atoms with Crippen LogP contribution in [0.25, 0.3) is 0 Å². The zero-order valence-corrected chi connectivity index (χ0v) is 13.3. The van der Waals surface area contributed by atoms with Crippen molar-refractivity contribution in [2.75, 3.05) is 7.11 Å². The lowest BCUT2D eigenvalue weighted by Gasteiger charge is -2.27. The Hall–Kier alpha value is -2.01. The van der Waals surface area contributed by atoms with Crippen molar-refractivity contribution >= 4 is 0 Å². The Morgan fingerprint density at radius 3 is 2.65 bits per heavy atom. The molecule has 1 aromatic carbocycles. The monoisotopic (exact) mass is 321 g/mol. The standard InChI is InChI=1S/C18H21F2NO2/c1-3-4-7-17(18(22-2)13-6-5-10-21-12-13)23-16-9-8-14(19)11-15(16)20/h5-6,8-12,17-18H,3-4,7H2,1-2H3. The number of rotatable bonds is 8. The predicted octanol–water partition coefficient (Wildman–Crippen LogP) is 4.69. The van der Waals surface area contributed by atoms with Crippen LogP contribution in [0.1, 0.15) is 37.9 Å². The van der Waals surface area contributed by atoms with E-state index in [0.717, 1.165) is 24.5 Å². The number of nitrogens with zero attached hydrogens (tertiary/aromatic N) is 1. The third-order valence-corrected chi connectivity index (χ3v) is 3.62. The van der Waals surface area contributed by atoms with Gasteiger partial charge in [-0.3, -0.25) is 4.98 Å². The van der Waals surface area contributed by atoms with Crippen LogP contribution in [-0.4, -0.2) is 18.2 Å². The molecular formula is C18H21F2NO2. The molecule has 0 amide bonds. The van der Waals surface area contributed by atoms with Crippen LogP contribution >= 0.6 is 0 Å². The molecule has 0 aliphatic carbocycles. The fraction of sp³-hybridized carbons (Fsp3) is 0.389. The van der Waals surface area contributed by atoms with Crippen molar-refractivity contribution in [3.05, 3.63) is 59.9 Å². The molecule has 1 aromatic heterocycles. The third-order valence-electron chi connectivity index (χ3n) is 3.62. The number of unbranched alkanes of at least 4 members (excludes halogenated alkanes) is 1. The highest BCUT2D eigenvalue weighted by atomic mass is 19.1. The minimum atomic E-state index is -0.715. The van der Waals surface area contributed by atoms with Gasteiger partial charge in [0.05, 0.1) is 0 Å². The van der Waals surface area contributed by atoms with Gasteiger partial charge in [0.2, 0.25) is 0 Å². The lowest BCUT2D eigenvalue weighted by Crippen LogP contribution is -2.27. The van der Waals surface area contributed by atoms with E-state index in [2.05, 4.69) is 11.9 Å². The second-order valence-electron chi connectivity index (χ2n) is 5.32. The summed E-state index contributed by atoms with van der Waals surface area (Å²) in [6.07, 6.45) is 5.21. The van der Waals surface area contributed by atoms with E-state index in [-0.39, 0.29) is 18.0 Å². The Balaban J connectivity index is 2.24. The molecule has 2 unspecified atom stereocenters. The molecular weight excluding hydrogens is 300 g/mol. The van der Waals surface area contributed by atoms with Gasteiger partial charge in [0, 0.05) is 31.1 Å². The van der Waals surface area contributed by atoms with E-state index in [0.29, 0.717) is 6.42 Å². The molecule has 2 atom stereocenters. The number of hydrogen-bond donors (Lipinski definition) is 0. The molecule has 0 N–H and O–H groups in total. The van der Waals surface area contributed by atoms with E-state index in [1.54, 1.807) is 19.5 Å². The SMILES string of the molecule is CCCCC(Oc1ccc(F)cc1F)C(OC)c1cccnc1. The van der Waals surface area contributed by atoms with E-state index >= 15 is 0 Å². The van der Waals surface area contributed by atoms with Gasteiger partial charge in [-0.05, 0) is 31.0 Å². The molecule has 0 fully saturated rings. The van der Waals surface area contributed by atoms with Crippen molar-refractivity contribution in [1.29, 1.82) is 0 Å². The van der Waals surface area contributed by atoms with Crippen LogP contribution < -0.4 is 4.74 Å². The summed E-state index contributed by atoms with van der Waals surface area (Å²) in [6, 6.07) is 7.01. The molecule has 0 saturated heterocycles. The highest BCUT2D eigenvalue weighted by Gasteiger charge is 2.26. The Morgan fingerprint density at radius 2 is 2.04 bits per heavy atom. The lowest BCUT2D eigenvalue weighted by atomic mass is 10.0. The van der Waals surface area contributed by atoms with Gasteiger partial charge in [-0.1, -0.05) is 19.4 Å². The zero-order chi connectivity index (χ0) is 16.7. The maximum Gasteiger partial charge on any atom is 0.167 e. The van der Waals surface area contributed by atoms with Gasteiger partial charge in [0.25, 0.3) is 0 Å². The number of pyridine rings is 1. The summed E-state index contributed by atoms with van der Waals surface area (Å²) in [5.74, 6) is -1.32. The van der Waals surface area contributed by atoms with Gasteiger partial charge in [-0.15, -0.1) is 0 Å². The minimum absolute atomic E-state index is 0.0263. The van der Waals surface area contributed by atoms with Crippen molar-refractivity contribution in [3.63, 3.8) is 0 Å². The summed E-state index contributed by atoms with van der Waals surface area (Å²) in [5.41, 5.74) is 0.860. The highest BCUT2D eigenvalue weighted by molar-refractivity contribution is 5.25. The van der Waals surface area contributed by atoms with Crippen LogP contribution in [0.5, 0.6) is 5.75 Å². The summed E-state index contributed by atoms with van der Waals surface area (Å²) >= 11 is 0. The molecule has 124 valence electrons. The van der Waals surface area contributed by atoms with Crippen molar-refractivity contribution in [2.24, 2.45) is 0 Å². The summed E-state index contributed by atoms with van der Waals surface area (Å²) < 4.78 is 38.3. The number of aromatic nitrogens is 1. The van der Waals surface area contributed by atoms with Crippen LogP contribution in [-0.2, 0) is 4.74 Å². The van der Waals surface area contributed by atoms with E-state index < -0.39 is 11.6 Å². The quantitative estimate of drug-likeness (QED) is 0.707. The molecule has 3 nitrogen and oxygen atoms in total. The van der Waals surface area contributed by atoms with Crippen LogP contribution in [0.15, 0.2) is 42.7 Å². The van der Waals surface area contributed by atoms with E-state index in [1.165, 1.54) is 12.1 Å². The number of halogens is 2. The van der Waals surface area contributed by atoms with Gasteiger partial charge in [0.15, 0.2) is 11.6 Å². The Bertz CT molecular complexity index is 607. The number of ether oxygens (including phenoxy) is 2. The minimum Gasteiger partial charge on any atom is -0.484 e. The fourth-order valence-corrected chi connectivity index (χ4v) is 2.46. The van der Waals surface area contributed by atoms with Gasteiger partial charge < -0.3 is 9.47 Å². The van der Waals surface area contributed by atoms with Crippen LogP contribution in [0.3, 0.4) is 0 Å². The second kappa shape index (κ2) is 8.58. The Kier molecular flexibility index (Phi) is 6.47. The largest absolute Gasteiger partial charge is 0.484 e. The van der Waals surface area contributed by atoms with E-state index in [9.17, 15) is 8.78 Å². The maximum absolute atomic E-state index is 13.9. The van der Waals surface area contributed by atoms with Gasteiger partial charge in [-0.2, -0.15) is 0 Å². The Morgan fingerprint density at radius 1 is 1.22 bits per heavy atom. The molecule has 5 heteroatoms. The first-order chi connectivity index (χ1) is 11.2. The summed E-state index contributed by atoms with van der Waals surface area (Å²) in [6.45, 7) is 2.07. The van der Waals surface area contributed by atoms with E-state index in [1.807, 2.05) is 12.1 Å². The van der Waals surface area contributed by atoms with Gasteiger partial charge in [0.1, 0.15) is 18.0 Å². The molecule has 0 aliphatic rings. The Labute approximate surface area is 135 Å². The maximum atomic E-state index is 13.9. The van der Waals surface area contributed by atoms with Crippen LogP contribution in [0.2, 0.25) is 0 Å². The van der Waals surface area contributed by atoms with Crippen molar-refractivity contribution in [2.45, 2.75) is 38.4 Å². The second-order valence-corrected chi connectivity index (χ2v) is 5.32. The average molecular weight is 321 g/mol. The van der Waals surface area contributed by atoms with Crippen molar-refractivity contribution < 1.29 is 18.3 Å². The summed E-state index contributed by atoms with van der Waals surface area (Å²) in [4.78, 5) is 4.09. The molecule has 2 aromatic rings. The van der Waals surface area contributed by atoms with E-state index in [4.69, 9.17) is 9.47 Å². The lowest BCUT2D eigenvalue weighted by molar-refractivity contribution is -0.00624. The number of benzene rings is 1. The predicted molar refractivity (Wildman–Crippen MR) is 84.3 cm³/mol. The zero-order valence-electron chi connectivity index (χ0n) is 13.3. The van der Waals surface area contributed by atoms with Gasteiger partial charge in [-0.25, -0.2) is 8.78 Å². The molecule has 0 aliphatic heterocycles. The molecule has 2 rings (SSSR count). The topological polar surface area (TPSA) is 31.4 Å². The van der Waals surface area contributed by atoms with Crippen LogP contribution in [0, 0.1) is 11.6 Å². The molecule has 0 bridgehead atoms.